The summed E-state index contributed by atoms with van der Waals surface area (Å²) in [7, 11) is 1.59. The fourth-order valence-corrected chi connectivity index (χ4v) is 5.32. The van der Waals surface area contributed by atoms with Crippen LogP contribution in [0, 0.1) is 10.5 Å². The summed E-state index contributed by atoms with van der Waals surface area (Å²) in [6, 6.07) is 17.3. The summed E-state index contributed by atoms with van der Waals surface area (Å²) in [6.07, 6.45) is 1.54. The smallest absolute Gasteiger partial charge is 0.307 e. The number of halogens is 3. The molecule has 6 nitrogen and oxygen atoms in total. The van der Waals surface area contributed by atoms with Crippen LogP contribution in [0.15, 0.2) is 73.1 Å². The maximum absolute atomic E-state index is 12.5. The largest absolute Gasteiger partial charge is 0.493 e. The number of methoxy groups -OCH3 is 1. The van der Waals surface area contributed by atoms with Crippen molar-refractivity contribution in [3.8, 4) is 11.5 Å². The minimum Gasteiger partial charge on any atom is -0.493 e. The van der Waals surface area contributed by atoms with E-state index in [9.17, 15) is 4.79 Å². The van der Waals surface area contributed by atoms with Gasteiger partial charge in [-0.25, -0.2) is 5.43 Å². The summed E-state index contributed by atoms with van der Waals surface area (Å²) in [5, 5.41) is 4.87. The Bertz CT molecular complexity index is 1380. The topological polar surface area (TPSA) is 73.1 Å². The standard InChI is InChI=1S/C25H19Br2IN2O4/c1-14-3-5-15(6-4-14)13-33-24-20(28)7-16(8-21(24)32-2)12-29-30-25(31)22-10-17-9-18(26)11-19(27)23(17)34-22/h3-12H,13H2,1-2H3,(H,30,31)/b29-12-. The zero-order valence-electron chi connectivity index (χ0n) is 18.2. The van der Waals surface area contributed by atoms with E-state index in [2.05, 4.69) is 77.1 Å². The molecule has 0 radical (unpaired) electrons. The molecule has 3 aromatic carbocycles. The summed E-state index contributed by atoms with van der Waals surface area (Å²) in [5.41, 5.74) is 6.12. The lowest BCUT2D eigenvalue weighted by Crippen LogP contribution is -2.16. The van der Waals surface area contributed by atoms with Gasteiger partial charge in [-0.3, -0.25) is 4.79 Å². The Labute approximate surface area is 227 Å². The highest BCUT2D eigenvalue weighted by Crippen LogP contribution is 2.34. The number of carbonyl (C=O) groups excluding carboxylic acids is 1. The van der Waals surface area contributed by atoms with Gasteiger partial charge in [-0.15, -0.1) is 0 Å². The molecule has 0 bridgehead atoms. The van der Waals surface area contributed by atoms with Crippen molar-refractivity contribution >= 4 is 77.5 Å². The van der Waals surface area contributed by atoms with Gasteiger partial charge in [0.25, 0.3) is 0 Å². The molecule has 0 fully saturated rings. The molecule has 0 aliphatic heterocycles. The monoisotopic (exact) mass is 696 g/mol. The average molecular weight is 698 g/mol. The maximum atomic E-state index is 12.5. The number of amides is 1. The minimum atomic E-state index is -0.449. The van der Waals surface area contributed by atoms with Gasteiger partial charge in [-0.05, 0) is 86.9 Å². The highest BCUT2D eigenvalue weighted by Gasteiger charge is 2.15. The van der Waals surface area contributed by atoms with E-state index >= 15 is 0 Å². The lowest BCUT2D eigenvalue weighted by atomic mass is 10.2. The number of ether oxygens (including phenoxy) is 2. The molecule has 0 saturated heterocycles. The first kappa shape index (κ1) is 24.7. The predicted octanol–water partition coefficient (Wildman–Crippen LogP) is 7.22. The third-order valence-corrected chi connectivity index (χ3v) is 6.74. The molecule has 1 heterocycles. The normalized spacial score (nSPS) is 11.2. The Morgan fingerprint density at radius 3 is 2.65 bits per heavy atom. The Morgan fingerprint density at radius 1 is 1.15 bits per heavy atom. The highest BCUT2D eigenvalue weighted by molar-refractivity contribution is 14.1. The summed E-state index contributed by atoms with van der Waals surface area (Å²) in [5.74, 6) is 0.955. The molecule has 0 aliphatic rings. The van der Waals surface area contributed by atoms with Crippen molar-refractivity contribution in [2.24, 2.45) is 5.10 Å². The van der Waals surface area contributed by atoms with Gasteiger partial charge >= 0.3 is 5.91 Å². The van der Waals surface area contributed by atoms with Crippen molar-refractivity contribution in [3.63, 3.8) is 0 Å². The zero-order valence-corrected chi connectivity index (χ0v) is 23.5. The van der Waals surface area contributed by atoms with Gasteiger partial charge in [-0.2, -0.15) is 5.10 Å². The van der Waals surface area contributed by atoms with E-state index < -0.39 is 5.91 Å². The van der Waals surface area contributed by atoms with Crippen molar-refractivity contribution in [1.29, 1.82) is 0 Å². The van der Waals surface area contributed by atoms with Crippen LogP contribution < -0.4 is 14.9 Å². The number of carbonyl (C=O) groups is 1. The van der Waals surface area contributed by atoms with Crippen molar-refractivity contribution in [2.45, 2.75) is 13.5 Å². The van der Waals surface area contributed by atoms with Crippen LogP contribution in [-0.4, -0.2) is 19.2 Å². The van der Waals surface area contributed by atoms with Crippen LogP contribution >= 0.6 is 54.5 Å². The van der Waals surface area contributed by atoms with Crippen molar-refractivity contribution < 1.29 is 18.7 Å². The van der Waals surface area contributed by atoms with Crippen LogP contribution in [0.1, 0.15) is 27.2 Å². The summed E-state index contributed by atoms with van der Waals surface area (Å²) in [4.78, 5) is 12.5. The van der Waals surface area contributed by atoms with E-state index in [1.54, 1.807) is 25.5 Å². The second kappa shape index (κ2) is 10.9. The molecule has 0 spiro atoms. The Hall–Kier alpha value is -2.37. The number of hydrogen-bond donors (Lipinski definition) is 1. The van der Waals surface area contributed by atoms with Gasteiger partial charge in [0.1, 0.15) is 12.2 Å². The van der Waals surface area contributed by atoms with E-state index in [0.29, 0.717) is 23.7 Å². The maximum Gasteiger partial charge on any atom is 0.307 e. The zero-order chi connectivity index (χ0) is 24.2. The number of hydrogen-bond acceptors (Lipinski definition) is 5. The summed E-state index contributed by atoms with van der Waals surface area (Å²) in [6.45, 7) is 2.48. The Kier molecular flexibility index (Phi) is 7.95. The molecule has 1 N–H and O–H groups in total. The first-order valence-corrected chi connectivity index (χ1v) is 12.8. The molecule has 174 valence electrons. The second-order valence-corrected chi connectivity index (χ2v) is 10.4. The van der Waals surface area contributed by atoms with Crippen molar-refractivity contribution in [3.05, 3.63) is 89.6 Å². The molecule has 9 heteroatoms. The van der Waals surface area contributed by atoms with E-state index in [0.717, 1.165) is 29.0 Å². The molecule has 4 aromatic rings. The van der Waals surface area contributed by atoms with Gasteiger partial charge in [0.15, 0.2) is 17.3 Å². The Balaban J connectivity index is 1.45. The molecule has 1 amide bonds. The van der Waals surface area contributed by atoms with Gasteiger partial charge in [0.2, 0.25) is 0 Å². The van der Waals surface area contributed by atoms with Crippen LogP contribution in [0.4, 0.5) is 0 Å². The Morgan fingerprint density at radius 2 is 1.91 bits per heavy atom. The molecule has 0 atom stereocenters. The third kappa shape index (κ3) is 5.81. The van der Waals surface area contributed by atoms with Gasteiger partial charge in [0.05, 0.1) is 21.4 Å². The molecular formula is C25H19Br2IN2O4. The fourth-order valence-electron chi connectivity index (χ4n) is 3.20. The minimum absolute atomic E-state index is 0.165. The molecule has 4 rings (SSSR count). The first-order chi connectivity index (χ1) is 16.3. The molecule has 0 aliphatic carbocycles. The number of nitrogens with one attached hydrogen (secondary N) is 1. The fraction of sp³-hybridized carbons (Fsp3) is 0.120. The average Bonchev–Trinajstić information content (AvgIpc) is 3.23. The van der Waals surface area contributed by atoms with Gasteiger partial charge in [0, 0.05) is 9.86 Å². The SMILES string of the molecule is COc1cc(/C=N\NC(=O)c2cc3cc(Br)cc(Br)c3o2)cc(I)c1OCc1ccc(C)cc1. The van der Waals surface area contributed by atoms with Crippen molar-refractivity contribution in [2.75, 3.05) is 7.11 Å². The van der Waals surface area contributed by atoms with Gasteiger partial charge in [-0.1, -0.05) is 45.8 Å². The van der Waals surface area contributed by atoms with Crippen LogP contribution in [0.3, 0.4) is 0 Å². The quantitative estimate of drug-likeness (QED) is 0.126. The first-order valence-electron chi connectivity index (χ1n) is 10.1. The number of fused-ring (bicyclic) bond motifs is 1. The number of aryl methyl sites for hydroxylation is 1. The number of rotatable bonds is 7. The number of nitrogens with zero attached hydrogens (tertiary/aromatic N) is 1. The summed E-state index contributed by atoms with van der Waals surface area (Å²) >= 11 is 9.06. The van der Waals surface area contributed by atoms with E-state index in [1.807, 2.05) is 37.3 Å². The molecule has 34 heavy (non-hydrogen) atoms. The molecular weight excluding hydrogens is 679 g/mol. The molecule has 0 saturated carbocycles. The van der Waals surface area contributed by atoms with Crippen LogP contribution in [0.2, 0.25) is 0 Å². The predicted molar refractivity (Wildman–Crippen MR) is 148 cm³/mol. The van der Waals surface area contributed by atoms with Crippen LogP contribution in [-0.2, 0) is 6.61 Å². The number of furan rings is 1. The molecule has 0 unspecified atom stereocenters. The van der Waals surface area contributed by atoms with Crippen LogP contribution in [0.25, 0.3) is 11.0 Å². The highest BCUT2D eigenvalue weighted by atomic mass is 127. The van der Waals surface area contributed by atoms with Gasteiger partial charge < -0.3 is 13.9 Å². The van der Waals surface area contributed by atoms with E-state index in [4.69, 9.17) is 13.9 Å². The number of benzene rings is 3. The number of hydrazone groups is 1. The third-order valence-electron chi connectivity index (χ3n) is 4.89. The molecule has 1 aromatic heterocycles. The lowest BCUT2D eigenvalue weighted by molar-refractivity contribution is 0.0929. The van der Waals surface area contributed by atoms with Crippen LogP contribution in [0.5, 0.6) is 11.5 Å². The second-order valence-electron chi connectivity index (χ2n) is 7.42. The van der Waals surface area contributed by atoms with E-state index in [-0.39, 0.29) is 5.76 Å². The van der Waals surface area contributed by atoms with E-state index in [1.165, 1.54) is 5.56 Å². The lowest BCUT2D eigenvalue weighted by Gasteiger charge is -2.13. The summed E-state index contributed by atoms with van der Waals surface area (Å²) < 4.78 is 19.7. The van der Waals surface area contributed by atoms with Crippen molar-refractivity contribution in [1.82, 2.24) is 5.43 Å².